The monoisotopic (exact) mass is 465 g/mol. The second kappa shape index (κ2) is 12.2. The molecule has 3 N–H and O–H groups in total. The third-order valence-electron chi connectivity index (χ3n) is 6.38. The minimum Gasteiger partial charge on any atom is -0.462 e. The van der Waals surface area contributed by atoms with Gasteiger partial charge in [-0.15, -0.1) is 0 Å². The normalized spacial score (nSPS) is 23.8. The molecule has 0 bridgehead atoms. The van der Waals surface area contributed by atoms with Crippen LogP contribution in [0.25, 0.3) is 0 Å². The first-order chi connectivity index (χ1) is 15.5. The molecule has 2 aliphatic rings. The van der Waals surface area contributed by atoms with Crippen molar-refractivity contribution in [2.24, 2.45) is 5.92 Å². The number of carbonyl (C=O) groups is 3. The highest BCUT2D eigenvalue weighted by Gasteiger charge is 2.35. The number of nitrogens with one attached hydrogen (secondary N) is 3. The fourth-order valence-electron chi connectivity index (χ4n) is 4.51. The number of carbonyl (C=O) groups excluding carboxylic acids is 3. The number of amides is 2. The van der Waals surface area contributed by atoms with Crippen molar-refractivity contribution in [1.82, 2.24) is 25.5 Å². The summed E-state index contributed by atoms with van der Waals surface area (Å²) in [5.74, 6) is 0.479. The first-order valence-corrected chi connectivity index (χ1v) is 12.9. The average Bonchev–Trinajstić information content (AvgIpc) is 3.55. The lowest BCUT2D eigenvalue weighted by Crippen LogP contribution is -2.51. The Morgan fingerprint density at radius 3 is 2.94 bits per heavy atom. The SMILES string of the molecule is CC[C@H]1CCN[C@@H]1C(=O)NC(CCSC)C(=O)OCC1CCCN1C(=O)Cc1cnc[nH]1. The highest BCUT2D eigenvalue weighted by atomic mass is 32.2. The third kappa shape index (κ3) is 6.48. The van der Waals surface area contributed by atoms with Gasteiger partial charge in [-0.05, 0) is 50.2 Å². The van der Waals surface area contributed by atoms with Crippen LogP contribution >= 0.6 is 11.8 Å². The Morgan fingerprint density at radius 1 is 1.38 bits per heavy atom. The quantitative estimate of drug-likeness (QED) is 0.419. The summed E-state index contributed by atoms with van der Waals surface area (Å²) < 4.78 is 5.62. The molecule has 10 heteroatoms. The van der Waals surface area contributed by atoms with Gasteiger partial charge in [0, 0.05) is 18.4 Å². The molecular weight excluding hydrogens is 430 g/mol. The highest BCUT2D eigenvalue weighted by molar-refractivity contribution is 7.98. The van der Waals surface area contributed by atoms with E-state index < -0.39 is 12.0 Å². The summed E-state index contributed by atoms with van der Waals surface area (Å²) in [6, 6.07) is -1.06. The van der Waals surface area contributed by atoms with E-state index in [2.05, 4.69) is 27.5 Å². The molecule has 0 spiro atoms. The van der Waals surface area contributed by atoms with Gasteiger partial charge in [0.2, 0.25) is 11.8 Å². The molecule has 9 nitrogen and oxygen atoms in total. The number of imidazole rings is 1. The number of hydrogen-bond donors (Lipinski definition) is 3. The molecule has 0 radical (unpaired) electrons. The number of H-pyrrole nitrogens is 1. The fourth-order valence-corrected chi connectivity index (χ4v) is 4.98. The smallest absolute Gasteiger partial charge is 0.328 e. The molecular formula is C22H35N5O4S. The number of thioether (sulfide) groups is 1. The number of rotatable bonds is 11. The van der Waals surface area contributed by atoms with Crippen LogP contribution in [0.4, 0.5) is 0 Å². The van der Waals surface area contributed by atoms with Crippen LogP contribution in [0.5, 0.6) is 0 Å². The van der Waals surface area contributed by atoms with Crippen molar-refractivity contribution >= 4 is 29.5 Å². The zero-order chi connectivity index (χ0) is 22.9. The number of aromatic amines is 1. The first-order valence-electron chi connectivity index (χ1n) is 11.5. The molecule has 178 valence electrons. The van der Waals surface area contributed by atoms with Crippen LogP contribution < -0.4 is 10.6 Å². The maximum atomic E-state index is 12.9. The number of nitrogens with zero attached hydrogens (tertiary/aromatic N) is 2. The third-order valence-corrected chi connectivity index (χ3v) is 7.03. The molecule has 2 saturated heterocycles. The summed E-state index contributed by atoms with van der Waals surface area (Å²) in [5, 5.41) is 6.17. The highest BCUT2D eigenvalue weighted by Crippen LogP contribution is 2.21. The summed E-state index contributed by atoms with van der Waals surface area (Å²) in [6.07, 6.45) is 9.52. The summed E-state index contributed by atoms with van der Waals surface area (Å²) in [6.45, 7) is 3.71. The summed E-state index contributed by atoms with van der Waals surface area (Å²) in [4.78, 5) is 47.0. The van der Waals surface area contributed by atoms with E-state index in [4.69, 9.17) is 4.74 Å². The molecule has 1 aromatic rings. The van der Waals surface area contributed by atoms with Crippen LogP contribution in [0.3, 0.4) is 0 Å². The fraction of sp³-hybridized carbons (Fsp3) is 0.727. The summed E-state index contributed by atoms with van der Waals surface area (Å²) in [7, 11) is 0. The van der Waals surface area contributed by atoms with Gasteiger partial charge in [0.15, 0.2) is 0 Å². The number of aromatic nitrogens is 2. The molecule has 0 saturated carbocycles. The molecule has 2 unspecified atom stereocenters. The Balaban J connectivity index is 1.53. The van der Waals surface area contributed by atoms with Crippen LogP contribution in [0.2, 0.25) is 0 Å². The van der Waals surface area contributed by atoms with Gasteiger partial charge in [-0.2, -0.15) is 11.8 Å². The topological polar surface area (TPSA) is 116 Å². The van der Waals surface area contributed by atoms with Crippen molar-refractivity contribution < 1.29 is 19.1 Å². The standard InChI is InChI=1S/C22H35N5O4S/c1-3-15-6-8-24-20(15)21(29)26-18(7-10-32-2)22(30)31-13-17-5-4-9-27(17)19(28)11-16-12-23-14-25-16/h12,14-15,17-18,20,24H,3-11,13H2,1-2H3,(H,23,25)(H,26,29)/t15-,17?,18?,20-/m0/s1. The van der Waals surface area contributed by atoms with E-state index in [-0.39, 0.29) is 36.9 Å². The largest absolute Gasteiger partial charge is 0.462 e. The van der Waals surface area contributed by atoms with Crippen LogP contribution in [0.1, 0.15) is 44.7 Å². The van der Waals surface area contributed by atoms with Gasteiger partial charge in [-0.1, -0.05) is 13.3 Å². The predicted molar refractivity (Wildman–Crippen MR) is 123 cm³/mol. The first kappa shape index (κ1) is 24.6. The zero-order valence-corrected chi connectivity index (χ0v) is 19.8. The average molecular weight is 466 g/mol. The number of hydrogen-bond acceptors (Lipinski definition) is 7. The summed E-state index contributed by atoms with van der Waals surface area (Å²) >= 11 is 1.63. The molecule has 1 aromatic heterocycles. The van der Waals surface area contributed by atoms with Crippen LogP contribution in [-0.4, -0.2) is 82.5 Å². The predicted octanol–water partition coefficient (Wildman–Crippen LogP) is 1.11. The van der Waals surface area contributed by atoms with Crippen molar-refractivity contribution in [3.63, 3.8) is 0 Å². The Labute approximate surface area is 193 Å². The van der Waals surface area contributed by atoms with Crippen molar-refractivity contribution in [2.75, 3.05) is 31.7 Å². The minimum absolute atomic E-state index is 0.00190. The van der Waals surface area contributed by atoms with E-state index in [1.165, 1.54) is 0 Å². The van der Waals surface area contributed by atoms with Gasteiger partial charge >= 0.3 is 5.97 Å². The van der Waals surface area contributed by atoms with E-state index in [0.29, 0.717) is 18.9 Å². The van der Waals surface area contributed by atoms with Gasteiger partial charge in [0.1, 0.15) is 12.6 Å². The second-order valence-electron chi connectivity index (χ2n) is 8.50. The van der Waals surface area contributed by atoms with E-state index in [1.54, 1.807) is 29.2 Å². The Kier molecular flexibility index (Phi) is 9.40. The van der Waals surface area contributed by atoms with E-state index >= 15 is 0 Å². The van der Waals surface area contributed by atoms with E-state index in [1.807, 2.05) is 6.26 Å². The molecule has 3 heterocycles. The Bertz CT molecular complexity index is 760. The Morgan fingerprint density at radius 2 is 2.22 bits per heavy atom. The van der Waals surface area contributed by atoms with Crippen molar-refractivity contribution in [3.8, 4) is 0 Å². The molecule has 2 aliphatic heterocycles. The van der Waals surface area contributed by atoms with Gasteiger partial charge in [-0.3, -0.25) is 9.59 Å². The van der Waals surface area contributed by atoms with Gasteiger partial charge in [0.05, 0.1) is 24.8 Å². The van der Waals surface area contributed by atoms with Crippen LogP contribution in [0.15, 0.2) is 12.5 Å². The van der Waals surface area contributed by atoms with Crippen molar-refractivity contribution in [2.45, 2.75) is 63.6 Å². The number of likely N-dealkylation sites (tertiary alicyclic amines) is 1. The molecule has 4 atom stereocenters. The van der Waals surface area contributed by atoms with Crippen molar-refractivity contribution in [3.05, 3.63) is 18.2 Å². The van der Waals surface area contributed by atoms with Crippen LogP contribution in [0, 0.1) is 5.92 Å². The molecule has 2 fully saturated rings. The van der Waals surface area contributed by atoms with Gasteiger partial charge in [-0.25, -0.2) is 9.78 Å². The molecule has 2 amide bonds. The van der Waals surface area contributed by atoms with Crippen LogP contribution in [-0.2, 0) is 25.5 Å². The minimum atomic E-state index is -0.676. The zero-order valence-electron chi connectivity index (χ0n) is 19.0. The molecule has 0 aromatic carbocycles. The lowest BCUT2D eigenvalue weighted by atomic mass is 9.97. The van der Waals surface area contributed by atoms with Crippen molar-refractivity contribution in [1.29, 1.82) is 0 Å². The summed E-state index contributed by atoms with van der Waals surface area (Å²) in [5.41, 5.74) is 0.767. The van der Waals surface area contributed by atoms with E-state index in [9.17, 15) is 14.4 Å². The maximum absolute atomic E-state index is 12.9. The van der Waals surface area contributed by atoms with Gasteiger partial charge in [0.25, 0.3) is 0 Å². The molecule has 3 rings (SSSR count). The van der Waals surface area contributed by atoms with E-state index in [0.717, 1.165) is 43.7 Å². The maximum Gasteiger partial charge on any atom is 0.328 e. The second-order valence-corrected chi connectivity index (χ2v) is 9.48. The van der Waals surface area contributed by atoms with Gasteiger partial charge < -0.3 is 25.3 Å². The lowest BCUT2D eigenvalue weighted by Gasteiger charge is -2.26. The molecule has 0 aliphatic carbocycles. The number of esters is 1. The number of ether oxygens (including phenoxy) is 1. The lowest BCUT2D eigenvalue weighted by molar-refractivity contribution is -0.151. The molecule has 32 heavy (non-hydrogen) atoms. The Hall–Kier alpha value is -2.07.